The van der Waals surface area contributed by atoms with E-state index in [-0.39, 0.29) is 63.2 Å². The van der Waals surface area contributed by atoms with Crippen LogP contribution in [0.5, 0.6) is 11.5 Å². The smallest absolute Gasteiger partial charge is 0.398 e. The second kappa shape index (κ2) is 23.6. The number of nitrogens with zero attached hydrogens (tertiary/aromatic N) is 8. The van der Waals surface area contributed by atoms with Gasteiger partial charge in [-0.3, -0.25) is 27.2 Å². The number of aryl methyl sites for hydroxylation is 1. The lowest BCUT2D eigenvalue weighted by molar-refractivity contribution is -0.113. The molecule has 0 bridgehead atoms. The summed E-state index contributed by atoms with van der Waals surface area (Å²) in [6, 6.07) is 16.2. The van der Waals surface area contributed by atoms with Gasteiger partial charge in [-0.05, 0) is 108 Å². The zero-order valence-electron chi connectivity index (χ0n) is 40.1. The molecule has 0 aliphatic heterocycles. The van der Waals surface area contributed by atoms with Crippen LogP contribution >= 0.6 is 23.2 Å². The van der Waals surface area contributed by atoms with Crippen LogP contribution in [0.25, 0.3) is 21.5 Å². The molecule has 0 saturated heterocycles. The van der Waals surface area contributed by atoms with Gasteiger partial charge in [0.15, 0.2) is 28.5 Å². The van der Waals surface area contributed by atoms with E-state index in [1.165, 1.54) is 48.3 Å². The predicted molar refractivity (Wildman–Crippen MR) is 286 cm³/mol. The average Bonchev–Trinajstić information content (AvgIpc) is 3.51. The van der Waals surface area contributed by atoms with E-state index in [1.807, 2.05) is 0 Å². The van der Waals surface area contributed by atoms with Crippen LogP contribution in [0.1, 0.15) is 5.56 Å². The summed E-state index contributed by atoms with van der Waals surface area (Å²) < 4.78 is 183. The zero-order valence-corrected chi connectivity index (χ0v) is 46.5. The number of anilines is 5. The number of sulfone groups is 1. The van der Waals surface area contributed by atoms with Crippen LogP contribution in [-0.4, -0.2) is 127 Å². The van der Waals surface area contributed by atoms with Gasteiger partial charge in [-0.1, -0.05) is 6.07 Å². The Morgan fingerprint density at radius 3 is 1.98 bits per heavy atom. The van der Waals surface area contributed by atoms with Gasteiger partial charge < -0.3 is 25.7 Å². The minimum Gasteiger partial charge on any atom is -0.505 e. The number of amides is 1. The Labute approximate surface area is 465 Å². The van der Waals surface area contributed by atoms with Gasteiger partial charge >= 0.3 is 10.4 Å². The molecule has 8 N–H and O–H groups in total. The quantitative estimate of drug-likeness (QED) is 0.0203. The van der Waals surface area contributed by atoms with Crippen molar-refractivity contribution in [3.05, 3.63) is 95.8 Å². The lowest BCUT2D eigenvalue weighted by Gasteiger charge is -2.19. The van der Waals surface area contributed by atoms with Crippen LogP contribution in [0.4, 0.5) is 51.7 Å². The van der Waals surface area contributed by atoms with Crippen LogP contribution in [0.3, 0.4) is 0 Å². The van der Waals surface area contributed by atoms with Crippen molar-refractivity contribution in [3.63, 3.8) is 0 Å². The van der Waals surface area contributed by atoms with Gasteiger partial charge in [0.1, 0.15) is 31.8 Å². The number of aromatic nitrogens is 3. The first-order chi connectivity index (χ1) is 37.2. The van der Waals surface area contributed by atoms with Crippen molar-refractivity contribution in [1.82, 2.24) is 15.0 Å². The Bertz CT molecular complexity index is 4350. The summed E-state index contributed by atoms with van der Waals surface area (Å²) in [6.45, 7) is 1.37. The maximum atomic E-state index is 12.7. The molecule has 0 saturated carbocycles. The third kappa shape index (κ3) is 14.5. The minimum absolute atomic E-state index is 0.00167. The first-order valence-corrected chi connectivity index (χ1v) is 31.0. The summed E-state index contributed by atoms with van der Waals surface area (Å²) in [5, 5.41) is 41.7. The fourth-order valence-electron chi connectivity index (χ4n) is 7.07. The van der Waals surface area contributed by atoms with Gasteiger partial charge in [0.25, 0.3) is 30.4 Å². The van der Waals surface area contributed by atoms with Gasteiger partial charge in [0.2, 0.25) is 32.9 Å². The number of aromatic hydroxyl groups is 2. The highest BCUT2D eigenvalue weighted by Crippen LogP contribution is 2.46. The first kappa shape index (κ1) is 60.6. The van der Waals surface area contributed by atoms with Gasteiger partial charge in [-0.15, -0.1) is 21.8 Å². The molecule has 0 spiro atoms. The third-order valence-electron chi connectivity index (χ3n) is 10.7. The van der Waals surface area contributed by atoms with Crippen LogP contribution in [0.2, 0.25) is 5.28 Å². The van der Waals surface area contributed by atoms with Crippen molar-refractivity contribution in [1.29, 1.82) is 0 Å². The summed E-state index contributed by atoms with van der Waals surface area (Å²) in [4.78, 5) is 23.0. The number of azo groups is 2. The number of rotatable bonds is 21. The van der Waals surface area contributed by atoms with E-state index in [2.05, 4.69) is 50.2 Å². The van der Waals surface area contributed by atoms with Crippen molar-refractivity contribution >= 4 is 164 Å². The third-order valence-corrected chi connectivity index (χ3v) is 16.6. The molecule has 0 aliphatic carbocycles. The maximum Gasteiger partial charge on any atom is 0.398 e. The molecule has 424 valence electrons. The molecule has 30 nitrogen and oxygen atoms in total. The molecule has 1 unspecified atom stereocenters. The molecule has 1 atom stereocenters. The number of carbonyl (C=O) groups is 1. The molecule has 0 aliphatic rings. The molecule has 1 aromatic heterocycles. The highest BCUT2D eigenvalue weighted by Gasteiger charge is 2.29. The summed E-state index contributed by atoms with van der Waals surface area (Å²) in [5.41, 5.74) is -1.50. The summed E-state index contributed by atoms with van der Waals surface area (Å²) in [6.07, 6.45) is 0. The molecule has 1 heterocycles. The Morgan fingerprint density at radius 1 is 0.725 bits per heavy atom. The molecule has 1 amide bonds. The predicted octanol–water partition coefficient (Wildman–Crippen LogP) is 7.04. The Balaban J connectivity index is 1.16. The Morgan fingerprint density at radius 2 is 1.35 bits per heavy atom. The van der Waals surface area contributed by atoms with Crippen molar-refractivity contribution in [2.45, 2.75) is 26.5 Å². The highest BCUT2D eigenvalue weighted by molar-refractivity contribution is 7.92. The number of hydrogen-bond donors (Lipinski definition) is 8. The van der Waals surface area contributed by atoms with E-state index in [9.17, 15) is 75.0 Å². The minimum atomic E-state index is -5.39. The molecule has 38 heteroatoms. The van der Waals surface area contributed by atoms with E-state index in [1.54, 1.807) is 6.92 Å². The fourth-order valence-corrected chi connectivity index (χ4v) is 11.9. The fraction of sp³-hybridized carbons (Fsp3) is 0.143. The molecule has 7 aromatic rings. The van der Waals surface area contributed by atoms with E-state index >= 15 is 0 Å². The van der Waals surface area contributed by atoms with E-state index in [4.69, 9.17) is 31.9 Å². The number of benzene rings is 6. The summed E-state index contributed by atoms with van der Waals surface area (Å²) >= 11 is 9.59. The summed E-state index contributed by atoms with van der Waals surface area (Å²) in [5.74, 6) is -5.47. The van der Waals surface area contributed by atoms with Gasteiger partial charge in [-0.25, -0.2) is 16.8 Å². The summed E-state index contributed by atoms with van der Waals surface area (Å²) in [7, 11) is -23.9. The van der Waals surface area contributed by atoms with E-state index in [0.717, 1.165) is 42.5 Å². The van der Waals surface area contributed by atoms with Crippen molar-refractivity contribution in [2.75, 3.05) is 46.8 Å². The normalized spacial score (nSPS) is 13.1. The lowest BCUT2D eigenvalue weighted by atomic mass is 10.1. The number of hydrogen-bond acceptors (Lipinski definition) is 25. The lowest BCUT2D eigenvalue weighted by Crippen LogP contribution is -2.22. The number of halogens is 2. The standard InChI is InChI=1S/C42H36Cl2N10O20S6/c1-21-3-4-24(17-31(21)51-53-36-33(78(64,65)66)18-29-28(38(36)57)11-12-30(39(29)79(67,68)69)46-34(55)19-75(58)73-14-13-43)45-41-47-40(44)48-42(49-41)54(2)25-7-10-27-22(15-25)16-32(77(61,62)63)35(37(27)56)52-50-23-5-8-26(9-6-23)76(59,60)20-74-80(70,71)72/h3-12,15-18,56-57H,13-14,19-20H2,1-2H3,(H,46,55)(H,61,62,63)(H,64,65,66)(H,67,68,69)(H,70,71,72)(H,45,47,48,49). The Kier molecular flexibility index (Phi) is 17.9. The molecule has 80 heavy (non-hydrogen) atoms. The highest BCUT2D eigenvalue weighted by atomic mass is 35.5. The Hall–Kier alpha value is -7.04. The molecule has 0 radical (unpaired) electrons. The SMILES string of the molecule is Cc1ccc(Nc2nc(Cl)nc(N(C)c3ccc4c(O)c(N=Nc5ccc(S(=O)(=O)COS(=O)(=O)O)cc5)c(S(=O)(=O)O)cc4c3)n2)cc1N=Nc1c(S(=O)(=O)O)cc2c(S(=O)(=O)O)c(NC(=O)CS(=O)OCCCl)ccc2c1O. The number of carbonyl (C=O) groups excluding carboxylic acids is 1. The van der Waals surface area contributed by atoms with Crippen molar-refractivity contribution < 1.29 is 87.9 Å². The van der Waals surface area contributed by atoms with E-state index in [0.29, 0.717) is 11.6 Å². The second-order valence-electron chi connectivity index (χ2n) is 16.1. The van der Waals surface area contributed by atoms with Crippen LogP contribution < -0.4 is 15.5 Å². The van der Waals surface area contributed by atoms with Crippen LogP contribution in [0, 0.1) is 6.92 Å². The van der Waals surface area contributed by atoms with Gasteiger partial charge in [0.05, 0.1) is 28.6 Å². The molecular formula is C42H36Cl2N10O20S6. The van der Waals surface area contributed by atoms with Crippen LogP contribution in [-0.2, 0) is 74.8 Å². The monoisotopic (exact) mass is 1260 g/mol. The van der Waals surface area contributed by atoms with Gasteiger partial charge in [0, 0.05) is 40.5 Å². The van der Waals surface area contributed by atoms with Crippen molar-refractivity contribution in [3.8, 4) is 11.5 Å². The number of phenols is 2. The van der Waals surface area contributed by atoms with E-state index < -0.39 is 138 Å². The number of nitrogens with one attached hydrogen (secondary N) is 2. The number of alkyl halides is 1. The molecule has 7 rings (SSSR count). The average molecular weight is 1260 g/mol. The van der Waals surface area contributed by atoms with Crippen molar-refractivity contribution in [2.24, 2.45) is 20.5 Å². The topological polar surface area (TPSA) is 460 Å². The maximum absolute atomic E-state index is 12.7. The number of phenolic OH excluding ortho intramolecular Hbond substituents is 2. The second-order valence-corrected chi connectivity index (χ2v) is 25.1. The zero-order chi connectivity index (χ0) is 58.9. The first-order valence-electron chi connectivity index (χ1n) is 21.5. The van der Waals surface area contributed by atoms with Crippen LogP contribution in [0.15, 0.2) is 125 Å². The molecule has 0 fully saturated rings. The molecular weight excluding hydrogens is 1230 g/mol. The number of fused-ring (bicyclic) bond motifs is 2. The van der Waals surface area contributed by atoms with Gasteiger partial charge in [-0.2, -0.15) is 58.9 Å². The molecule has 6 aromatic carbocycles. The largest absolute Gasteiger partial charge is 0.505 e.